The van der Waals surface area contributed by atoms with Gasteiger partial charge in [-0.2, -0.15) is 0 Å². The molecule has 0 atom stereocenters. The zero-order chi connectivity index (χ0) is 13.1. The lowest BCUT2D eigenvalue weighted by molar-refractivity contribution is 0.0988. The van der Waals surface area contributed by atoms with E-state index in [1.807, 2.05) is 0 Å². The zero-order valence-electron chi connectivity index (χ0n) is 9.16. The Morgan fingerprint density at radius 2 is 2.00 bits per heavy atom. The summed E-state index contributed by atoms with van der Waals surface area (Å²) in [6, 6.07) is 6.60. The molecule has 0 aliphatic heterocycles. The summed E-state index contributed by atoms with van der Waals surface area (Å²) in [6.45, 7) is 0. The Bertz CT molecular complexity index is 584. The van der Waals surface area contributed by atoms with Gasteiger partial charge in [0.1, 0.15) is 17.3 Å². The van der Waals surface area contributed by atoms with Crippen molar-refractivity contribution in [3.63, 3.8) is 0 Å². The summed E-state index contributed by atoms with van der Waals surface area (Å²) in [4.78, 5) is 15.5. The molecule has 0 bridgehead atoms. The van der Waals surface area contributed by atoms with Crippen LogP contribution in [0.5, 0.6) is 0 Å². The van der Waals surface area contributed by atoms with E-state index in [4.69, 9.17) is 11.6 Å². The summed E-state index contributed by atoms with van der Waals surface area (Å²) in [5.41, 5.74) is 0.639. The molecule has 0 saturated carbocycles. The lowest BCUT2D eigenvalue weighted by Gasteiger charge is -2.02. The second-order valence-corrected chi connectivity index (χ2v) is 4.12. The topological polar surface area (TPSA) is 30.0 Å². The standard InChI is InChI=1S/C13H8ClF2NO/c14-10-3-1-8(5-11(10)16)6-13(18)12-4-2-9(15)7-17-12/h1-5,7H,6H2. The van der Waals surface area contributed by atoms with Gasteiger partial charge in [0, 0.05) is 6.42 Å². The molecule has 0 fully saturated rings. The fraction of sp³-hybridized carbons (Fsp3) is 0.0769. The molecular formula is C13H8ClF2NO. The fourth-order valence-corrected chi connectivity index (χ4v) is 1.58. The number of carbonyl (C=O) groups excluding carboxylic acids is 1. The summed E-state index contributed by atoms with van der Waals surface area (Å²) in [7, 11) is 0. The minimum absolute atomic E-state index is 0.00565. The first-order valence-corrected chi connectivity index (χ1v) is 5.53. The van der Waals surface area contributed by atoms with Crippen molar-refractivity contribution in [2.75, 3.05) is 0 Å². The van der Waals surface area contributed by atoms with Gasteiger partial charge in [0.2, 0.25) is 0 Å². The van der Waals surface area contributed by atoms with E-state index in [0.717, 1.165) is 12.3 Å². The molecule has 18 heavy (non-hydrogen) atoms. The van der Waals surface area contributed by atoms with Crippen molar-refractivity contribution >= 4 is 17.4 Å². The van der Waals surface area contributed by atoms with Crippen LogP contribution < -0.4 is 0 Å². The van der Waals surface area contributed by atoms with Crippen molar-refractivity contribution in [2.24, 2.45) is 0 Å². The number of halogens is 3. The van der Waals surface area contributed by atoms with Gasteiger partial charge in [-0.15, -0.1) is 0 Å². The molecule has 1 aromatic carbocycles. The van der Waals surface area contributed by atoms with Gasteiger partial charge < -0.3 is 0 Å². The number of benzene rings is 1. The molecule has 2 nitrogen and oxygen atoms in total. The average Bonchev–Trinajstić information content (AvgIpc) is 2.34. The normalized spacial score (nSPS) is 10.4. The molecule has 0 N–H and O–H groups in total. The van der Waals surface area contributed by atoms with E-state index in [-0.39, 0.29) is 22.9 Å². The second kappa shape index (κ2) is 5.23. The molecule has 0 unspecified atom stereocenters. The van der Waals surface area contributed by atoms with Crippen molar-refractivity contribution in [1.29, 1.82) is 0 Å². The molecule has 2 aromatic rings. The predicted molar refractivity (Wildman–Crippen MR) is 63.6 cm³/mol. The predicted octanol–water partition coefficient (Wildman–Crippen LogP) is 3.44. The van der Waals surface area contributed by atoms with E-state index in [1.165, 1.54) is 18.2 Å². The van der Waals surface area contributed by atoms with Gasteiger partial charge in [-0.3, -0.25) is 9.78 Å². The smallest absolute Gasteiger partial charge is 0.185 e. The number of carbonyl (C=O) groups is 1. The first-order chi connectivity index (χ1) is 8.56. The minimum Gasteiger partial charge on any atom is -0.292 e. The fourth-order valence-electron chi connectivity index (χ4n) is 1.47. The van der Waals surface area contributed by atoms with Crippen molar-refractivity contribution in [2.45, 2.75) is 6.42 Å². The van der Waals surface area contributed by atoms with E-state index >= 15 is 0 Å². The molecule has 0 radical (unpaired) electrons. The maximum atomic E-state index is 13.2. The van der Waals surface area contributed by atoms with E-state index in [2.05, 4.69) is 4.98 Å². The average molecular weight is 268 g/mol. The van der Waals surface area contributed by atoms with Crippen LogP contribution >= 0.6 is 11.6 Å². The molecule has 2 rings (SSSR count). The number of nitrogens with zero attached hydrogens (tertiary/aromatic N) is 1. The van der Waals surface area contributed by atoms with Crippen LogP contribution in [0, 0.1) is 11.6 Å². The molecule has 5 heteroatoms. The van der Waals surface area contributed by atoms with E-state index in [1.54, 1.807) is 6.07 Å². The number of ketones is 1. The van der Waals surface area contributed by atoms with Crippen molar-refractivity contribution in [3.05, 3.63) is 64.4 Å². The maximum Gasteiger partial charge on any atom is 0.185 e. The van der Waals surface area contributed by atoms with Crippen molar-refractivity contribution < 1.29 is 13.6 Å². The molecule has 1 aromatic heterocycles. The Kier molecular flexibility index (Phi) is 3.67. The number of hydrogen-bond donors (Lipinski definition) is 0. The number of rotatable bonds is 3. The van der Waals surface area contributed by atoms with Gasteiger partial charge in [-0.1, -0.05) is 17.7 Å². The SMILES string of the molecule is O=C(Cc1ccc(Cl)c(F)c1)c1ccc(F)cn1. The summed E-state index contributed by atoms with van der Waals surface area (Å²) in [6.07, 6.45) is 0.961. The summed E-state index contributed by atoms with van der Waals surface area (Å²) in [5.74, 6) is -1.39. The summed E-state index contributed by atoms with van der Waals surface area (Å²) in [5, 5.41) is 0.00565. The molecular weight excluding hydrogens is 260 g/mol. The molecule has 0 aliphatic rings. The largest absolute Gasteiger partial charge is 0.292 e. The Balaban J connectivity index is 2.16. The zero-order valence-corrected chi connectivity index (χ0v) is 9.92. The third-order valence-corrected chi connectivity index (χ3v) is 2.67. The van der Waals surface area contributed by atoms with Gasteiger partial charge in [-0.05, 0) is 29.8 Å². The van der Waals surface area contributed by atoms with Crippen LogP contribution in [0.15, 0.2) is 36.5 Å². The van der Waals surface area contributed by atoms with Crippen LogP contribution in [-0.4, -0.2) is 10.8 Å². The van der Waals surface area contributed by atoms with Gasteiger partial charge in [0.25, 0.3) is 0 Å². The lowest BCUT2D eigenvalue weighted by Crippen LogP contribution is -2.06. The Morgan fingerprint density at radius 1 is 1.22 bits per heavy atom. The van der Waals surface area contributed by atoms with Crippen LogP contribution in [0.25, 0.3) is 0 Å². The highest BCUT2D eigenvalue weighted by atomic mass is 35.5. The second-order valence-electron chi connectivity index (χ2n) is 3.71. The highest BCUT2D eigenvalue weighted by Crippen LogP contribution is 2.16. The van der Waals surface area contributed by atoms with Crippen LogP contribution in [0.1, 0.15) is 16.1 Å². The monoisotopic (exact) mass is 267 g/mol. The van der Waals surface area contributed by atoms with Crippen LogP contribution in [-0.2, 0) is 6.42 Å². The van der Waals surface area contributed by atoms with Crippen LogP contribution in [0.4, 0.5) is 8.78 Å². The highest BCUT2D eigenvalue weighted by Gasteiger charge is 2.10. The molecule has 0 aliphatic carbocycles. The first-order valence-electron chi connectivity index (χ1n) is 5.15. The van der Waals surface area contributed by atoms with Gasteiger partial charge in [0.15, 0.2) is 5.78 Å². The number of aromatic nitrogens is 1. The Morgan fingerprint density at radius 3 is 2.61 bits per heavy atom. The third-order valence-electron chi connectivity index (χ3n) is 2.36. The Hall–Kier alpha value is -1.81. The summed E-state index contributed by atoms with van der Waals surface area (Å²) >= 11 is 5.54. The van der Waals surface area contributed by atoms with E-state index in [9.17, 15) is 13.6 Å². The molecule has 92 valence electrons. The first kappa shape index (κ1) is 12.6. The maximum absolute atomic E-state index is 13.2. The lowest BCUT2D eigenvalue weighted by atomic mass is 10.1. The van der Waals surface area contributed by atoms with Crippen molar-refractivity contribution in [1.82, 2.24) is 4.98 Å². The Labute approximate surface area is 107 Å². The molecule has 0 spiro atoms. The number of hydrogen-bond acceptors (Lipinski definition) is 2. The molecule has 0 amide bonds. The molecule has 0 saturated heterocycles. The minimum atomic E-state index is -0.575. The van der Waals surface area contributed by atoms with Crippen LogP contribution in [0.3, 0.4) is 0 Å². The number of pyridine rings is 1. The van der Waals surface area contributed by atoms with E-state index < -0.39 is 11.6 Å². The third kappa shape index (κ3) is 2.90. The van der Waals surface area contributed by atoms with Crippen molar-refractivity contribution in [3.8, 4) is 0 Å². The van der Waals surface area contributed by atoms with Gasteiger partial charge in [0.05, 0.1) is 11.2 Å². The summed E-state index contributed by atoms with van der Waals surface area (Å²) < 4.78 is 25.8. The quantitative estimate of drug-likeness (QED) is 0.798. The molecule has 1 heterocycles. The van der Waals surface area contributed by atoms with Crippen LogP contribution in [0.2, 0.25) is 5.02 Å². The van der Waals surface area contributed by atoms with Gasteiger partial charge >= 0.3 is 0 Å². The van der Waals surface area contributed by atoms with Gasteiger partial charge in [-0.25, -0.2) is 8.78 Å². The number of Topliss-reactive ketones (excluding diaryl/α,β-unsaturated/α-hetero) is 1. The highest BCUT2D eigenvalue weighted by molar-refractivity contribution is 6.30. The van der Waals surface area contributed by atoms with E-state index in [0.29, 0.717) is 5.56 Å².